The van der Waals surface area contributed by atoms with Crippen LogP contribution in [0.2, 0.25) is 0 Å². The minimum absolute atomic E-state index is 0.0282. The number of carbonyl (C=O) groups is 2. The fourth-order valence-corrected chi connectivity index (χ4v) is 5.46. The first-order chi connectivity index (χ1) is 15.9. The number of likely N-dealkylation sites (tertiary alicyclic amines) is 1. The van der Waals surface area contributed by atoms with Crippen LogP contribution in [0.15, 0.2) is 42.5 Å². The number of nitrogens with zero attached hydrogens (tertiary/aromatic N) is 3. The van der Waals surface area contributed by atoms with E-state index in [1.165, 1.54) is 5.52 Å². The molecule has 5 rings (SSSR count). The van der Waals surface area contributed by atoms with Gasteiger partial charge in [-0.3, -0.25) is 9.59 Å². The van der Waals surface area contributed by atoms with E-state index in [9.17, 15) is 9.59 Å². The van der Waals surface area contributed by atoms with Gasteiger partial charge in [-0.25, -0.2) is 4.98 Å². The van der Waals surface area contributed by atoms with Gasteiger partial charge in [-0.2, -0.15) is 0 Å². The lowest BCUT2D eigenvalue weighted by atomic mass is 9.77. The molecule has 1 fully saturated rings. The molecule has 6 nitrogen and oxygen atoms in total. The highest BCUT2D eigenvalue weighted by Crippen LogP contribution is 2.38. The molecule has 0 spiro atoms. The van der Waals surface area contributed by atoms with Gasteiger partial charge in [0.15, 0.2) is 0 Å². The molecule has 172 valence electrons. The molecule has 0 saturated carbocycles. The first-order valence-corrected chi connectivity index (χ1v) is 12.1. The van der Waals surface area contributed by atoms with Gasteiger partial charge in [-0.05, 0) is 55.2 Å². The largest absolute Gasteiger partial charge is 0.338 e. The normalized spacial score (nSPS) is 19.9. The first kappa shape index (κ1) is 21.7. The van der Waals surface area contributed by atoms with Crippen molar-refractivity contribution in [3.05, 3.63) is 59.4 Å². The minimum Gasteiger partial charge on any atom is -0.338 e. The highest BCUT2D eigenvalue weighted by atomic mass is 16.2. The number of imidazole rings is 1. The predicted molar refractivity (Wildman–Crippen MR) is 131 cm³/mol. The summed E-state index contributed by atoms with van der Waals surface area (Å²) in [5, 5.41) is 2.95. The summed E-state index contributed by atoms with van der Waals surface area (Å²) >= 11 is 0. The summed E-state index contributed by atoms with van der Waals surface area (Å²) in [7, 11) is 0. The second-order valence-corrected chi connectivity index (χ2v) is 10.1. The number of aromatic nitrogens is 2. The van der Waals surface area contributed by atoms with Crippen molar-refractivity contribution in [1.82, 2.24) is 14.5 Å². The van der Waals surface area contributed by atoms with Crippen molar-refractivity contribution in [2.75, 3.05) is 18.4 Å². The van der Waals surface area contributed by atoms with Crippen LogP contribution < -0.4 is 5.32 Å². The van der Waals surface area contributed by atoms with E-state index >= 15 is 0 Å². The molecule has 1 saturated heterocycles. The Hall–Kier alpha value is -3.15. The second kappa shape index (κ2) is 8.32. The van der Waals surface area contributed by atoms with Gasteiger partial charge >= 0.3 is 0 Å². The molecule has 0 aliphatic carbocycles. The first-order valence-electron chi connectivity index (χ1n) is 12.1. The highest BCUT2D eigenvalue weighted by Gasteiger charge is 2.34. The number of fused-ring (bicyclic) bond motifs is 2. The van der Waals surface area contributed by atoms with Crippen LogP contribution in [0.1, 0.15) is 74.1 Å². The molecule has 1 aromatic heterocycles. The summed E-state index contributed by atoms with van der Waals surface area (Å²) in [5.74, 6) is 1.42. The average Bonchev–Trinajstić information content (AvgIpc) is 3.17. The number of benzene rings is 2. The van der Waals surface area contributed by atoms with E-state index in [0.29, 0.717) is 18.5 Å². The molecule has 1 atom stereocenters. The third-order valence-corrected chi connectivity index (χ3v) is 7.08. The number of para-hydroxylation sites is 2. The number of hydrogen-bond donors (Lipinski definition) is 1. The molecule has 3 heterocycles. The average molecular weight is 445 g/mol. The summed E-state index contributed by atoms with van der Waals surface area (Å²) in [6, 6.07) is 14.0. The van der Waals surface area contributed by atoms with Crippen molar-refractivity contribution < 1.29 is 9.59 Å². The van der Waals surface area contributed by atoms with Gasteiger partial charge in [0.25, 0.3) is 5.91 Å². The van der Waals surface area contributed by atoms with E-state index in [4.69, 9.17) is 4.98 Å². The molecule has 0 radical (unpaired) electrons. The number of hydrogen-bond acceptors (Lipinski definition) is 3. The van der Waals surface area contributed by atoms with E-state index in [1.807, 2.05) is 29.2 Å². The van der Waals surface area contributed by atoms with Gasteiger partial charge in [-0.1, -0.05) is 32.9 Å². The Morgan fingerprint density at radius 3 is 2.85 bits per heavy atom. The topological polar surface area (TPSA) is 67.2 Å². The van der Waals surface area contributed by atoms with Crippen LogP contribution in [-0.2, 0) is 16.8 Å². The Kier molecular flexibility index (Phi) is 5.47. The summed E-state index contributed by atoms with van der Waals surface area (Å²) in [6.07, 6.45) is 3.49. The molecule has 0 bridgehead atoms. The van der Waals surface area contributed by atoms with Gasteiger partial charge in [0.1, 0.15) is 5.82 Å². The van der Waals surface area contributed by atoms with Crippen LogP contribution in [0.5, 0.6) is 0 Å². The predicted octanol–water partition coefficient (Wildman–Crippen LogP) is 5.09. The van der Waals surface area contributed by atoms with Crippen LogP contribution >= 0.6 is 0 Å². The Balaban J connectivity index is 1.42. The molecule has 33 heavy (non-hydrogen) atoms. The molecule has 2 amide bonds. The fourth-order valence-electron chi connectivity index (χ4n) is 5.46. The SMILES string of the molecule is CCCn1c(C2CCCN(C(=O)c3ccc4c(c3)C(C)(C)CC(=O)N4)C2)nc2ccccc21. The van der Waals surface area contributed by atoms with Gasteiger partial charge in [0.2, 0.25) is 5.91 Å². The molecule has 2 aliphatic rings. The monoisotopic (exact) mass is 444 g/mol. The summed E-state index contributed by atoms with van der Waals surface area (Å²) in [6.45, 7) is 8.70. The highest BCUT2D eigenvalue weighted by molar-refractivity contribution is 5.99. The Bertz CT molecular complexity index is 1230. The molecular formula is C27H32N4O2. The third kappa shape index (κ3) is 3.92. The maximum absolute atomic E-state index is 13.5. The number of nitrogens with one attached hydrogen (secondary N) is 1. The van der Waals surface area contributed by atoms with Gasteiger partial charge < -0.3 is 14.8 Å². The number of anilines is 1. The van der Waals surface area contributed by atoms with Crippen molar-refractivity contribution in [2.45, 2.75) is 64.3 Å². The third-order valence-electron chi connectivity index (χ3n) is 7.08. The zero-order valence-corrected chi connectivity index (χ0v) is 19.7. The lowest BCUT2D eigenvalue weighted by molar-refractivity contribution is -0.117. The van der Waals surface area contributed by atoms with Crippen molar-refractivity contribution >= 4 is 28.5 Å². The Morgan fingerprint density at radius 1 is 1.21 bits per heavy atom. The molecule has 2 aliphatic heterocycles. The van der Waals surface area contributed by atoms with Crippen LogP contribution in [0.3, 0.4) is 0 Å². The standard InChI is InChI=1S/C27H32N4O2/c1-4-13-31-23-10-6-5-9-22(23)29-25(31)19-8-7-14-30(17-19)26(33)18-11-12-21-20(15-18)27(2,3)16-24(32)28-21/h5-6,9-12,15,19H,4,7-8,13-14,16-17H2,1-3H3,(H,28,32). The van der Waals surface area contributed by atoms with Crippen LogP contribution in [0, 0.1) is 0 Å². The summed E-state index contributed by atoms with van der Waals surface area (Å²) < 4.78 is 2.35. The zero-order valence-electron chi connectivity index (χ0n) is 19.7. The zero-order chi connectivity index (χ0) is 23.2. The summed E-state index contributed by atoms with van der Waals surface area (Å²) in [5.41, 5.74) is 4.47. The molecular weight excluding hydrogens is 412 g/mol. The maximum Gasteiger partial charge on any atom is 0.253 e. The molecule has 6 heteroatoms. The Morgan fingerprint density at radius 2 is 2.03 bits per heavy atom. The van der Waals surface area contributed by atoms with E-state index in [0.717, 1.165) is 54.9 Å². The number of carbonyl (C=O) groups excluding carboxylic acids is 2. The van der Waals surface area contributed by atoms with Gasteiger partial charge in [-0.15, -0.1) is 0 Å². The van der Waals surface area contributed by atoms with Crippen molar-refractivity contribution in [3.63, 3.8) is 0 Å². The van der Waals surface area contributed by atoms with E-state index in [-0.39, 0.29) is 23.1 Å². The smallest absolute Gasteiger partial charge is 0.253 e. The van der Waals surface area contributed by atoms with Crippen molar-refractivity contribution in [3.8, 4) is 0 Å². The van der Waals surface area contributed by atoms with Crippen molar-refractivity contribution in [1.29, 1.82) is 0 Å². The van der Waals surface area contributed by atoms with Gasteiger partial charge in [0.05, 0.1) is 11.0 Å². The van der Waals surface area contributed by atoms with Crippen LogP contribution in [0.25, 0.3) is 11.0 Å². The fraction of sp³-hybridized carbons (Fsp3) is 0.444. The number of piperidine rings is 1. The number of amides is 2. The van der Waals surface area contributed by atoms with Crippen LogP contribution in [0.4, 0.5) is 5.69 Å². The molecule has 1 unspecified atom stereocenters. The Labute approximate surface area is 195 Å². The van der Waals surface area contributed by atoms with E-state index < -0.39 is 0 Å². The molecule has 2 aromatic carbocycles. The van der Waals surface area contributed by atoms with Gasteiger partial charge in [0, 0.05) is 48.6 Å². The summed E-state index contributed by atoms with van der Waals surface area (Å²) in [4.78, 5) is 32.5. The lowest BCUT2D eigenvalue weighted by Gasteiger charge is -2.34. The van der Waals surface area contributed by atoms with Crippen molar-refractivity contribution in [2.24, 2.45) is 0 Å². The van der Waals surface area contributed by atoms with E-state index in [1.54, 1.807) is 0 Å². The maximum atomic E-state index is 13.5. The number of rotatable bonds is 4. The lowest BCUT2D eigenvalue weighted by Crippen LogP contribution is -2.40. The minimum atomic E-state index is -0.288. The van der Waals surface area contributed by atoms with Crippen LogP contribution in [-0.4, -0.2) is 39.4 Å². The van der Waals surface area contributed by atoms with E-state index in [2.05, 4.69) is 48.9 Å². The molecule has 3 aromatic rings. The number of aryl methyl sites for hydroxylation is 1. The molecule has 1 N–H and O–H groups in total. The quantitative estimate of drug-likeness (QED) is 0.610. The second-order valence-electron chi connectivity index (χ2n) is 10.1.